The maximum atomic E-state index is 12.6. The fourth-order valence-corrected chi connectivity index (χ4v) is 2.79. The van der Waals surface area contributed by atoms with Crippen molar-refractivity contribution in [1.82, 2.24) is 20.1 Å². The Bertz CT molecular complexity index is 937. The predicted octanol–water partition coefficient (Wildman–Crippen LogP) is 2.86. The molecular weight excluding hydrogens is 356 g/mol. The second-order valence-electron chi connectivity index (χ2n) is 6.53. The van der Waals surface area contributed by atoms with Crippen molar-refractivity contribution in [1.29, 1.82) is 0 Å². The Kier molecular flexibility index (Phi) is 6.16. The van der Waals surface area contributed by atoms with Gasteiger partial charge in [0, 0.05) is 6.20 Å². The molecule has 3 aromatic rings. The maximum Gasteiger partial charge on any atom is 0.325 e. The van der Waals surface area contributed by atoms with Gasteiger partial charge < -0.3 is 10.1 Å². The van der Waals surface area contributed by atoms with Gasteiger partial charge in [-0.15, -0.1) is 0 Å². The second kappa shape index (κ2) is 8.94. The van der Waals surface area contributed by atoms with E-state index >= 15 is 0 Å². The van der Waals surface area contributed by atoms with Gasteiger partial charge >= 0.3 is 5.97 Å². The molecule has 0 unspecified atom stereocenters. The molecule has 2 aromatic heterocycles. The van der Waals surface area contributed by atoms with Crippen LogP contribution in [0.4, 0.5) is 0 Å². The van der Waals surface area contributed by atoms with Crippen molar-refractivity contribution < 1.29 is 14.3 Å². The molecule has 7 nitrogen and oxygen atoms in total. The first-order chi connectivity index (χ1) is 13.6. The SMILES string of the molecule is CC(C)c1c(C(=O)NCC(=O)OCc2ccccc2)cnn1-c1ccccn1. The Morgan fingerprint density at radius 1 is 1.11 bits per heavy atom. The standard InChI is InChI=1S/C21H22N4O3/c1-15(2)20-17(12-24-25(20)18-10-6-7-11-22-18)21(27)23-13-19(26)28-14-16-8-4-3-5-9-16/h3-12,15H,13-14H2,1-2H3,(H,23,27). The molecule has 0 aliphatic carbocycles. The zero-order valence-electron chi connectivity index (χ0n) is 15.8. The lowest BCUT2D eigenvalue weighted by atomic mass is 10.1. The largest absolute Gasteiger partial charge is 0.460 e. The van der Waals surface area contributed by atoms with Crippen LogP contribution in [0.2, 0.25) is 0 Å². The molecule has 0 saturated heterocycles. The highest BCUT2D eigenvalue weighted by molar-refractivity contribution is 5.97. The summed E-state index contributed by atoms with van der Waals surface area (Å²) in [6.07, 6.45) is 3.16. The van der Waals surface area contributed by atoms with Crippen LogP contribution in [-0.2, 0) is 16.1 Å². The Hall–Kier alpha value is -3.48. The minimum Gasteiger partial charge on any atom is -0.460 e. The predicted molar refractivity (Wildman–Crippen MR) is 104 cm³/mol. The fourth-order valence-electron chi connectivity index (χ4n) is 2.79. The van der Waals surface area contributed by atoms with Crippen LogP contribution in [-0.4, -0.2) is 33.2 Å². The van der Waals surface area contributed by atoms with E-state index in [1.807, 2.05) is 62.4 Å². The third-order valence-electron chi connectivity index (χ3n) is 4.10. The highest BCUT2D eigenvalue weighted by atomic mass is 16.5. The van der Waals surface area contributed by atoms with Crippen molar-refractivity contribution in [3.8, 4) is 5.82 Å². The van der Waals surface area contributed by atoms with Crippen LogP contribution in [0.5, 0.6) is 0 Å². The summed E-state index contributed by atoms with van der Waals surface area (Å²) >= 11 is 0. The van der Waals surface area contributed by atoms with Crippen molar-refractivity contribution in [2.24, 2.45) is 0 Å². The number of nitrogens with zero attached hydrogens (tertiary/aromatic N) is 3. The number of aromatic nitrogens is 3. The molecule has 144 valence electrons. The van der Waals surface area contributed by atoms with Crippen LogP contribution in [0.15, 0.2) is 60.9 Å². The molecule has 2 heterocycles. The Morgan fingerprint density at radius 3 is 2.54 bits per heavy atom. The van der Waals surface area contributed by atoms with Crippen LogP contribution in [0.3, 0.4) is 0 Å². The molecule has 28 heavy (non-hydrogen) atoms. The van der Waals surface area contributed by atoms with E-state index in [4.69, 9.17) is 4.74 Å². The van der Waals surface area contributed by atoms with E-state index in [0.29, 0.717) is 11.4 Å². The molecular formula is C21H22N4O3. The van der Waals surface area contributed by atoms with E-state index in [9.17, 15) is 9.59 Å². The number of hydrogen-bond donors (Lipinski definition) is 1. The summed E-state index contributed by atoms with van der Waals surface area (Å²) in [6, 6.07) is 14.9. The maximum absolute atomic E-state index is 12.6. The molecule has 1 N–H and O–H groups in total. The molecule has 7 heteroatoms. The number of hydrogen-bond acceptors (Lipinski definition) is 5. The van der Waals surface area contributed by atoms with Gasteiger partial charge in [0.1, 0.15) is 13.2 Å². The van der Waals surface area contributed by atoms with Crippen LogP contribution in [0.25, 0.3) is 5.82 Å². The average molecular weight is 378 g/mol. The summed E-state index contributed by atoms with van der Waals surface area (Å²) in [5.74, 6) is -0.203. The lowest BCUT2D eigenvalue weighted by Gasteiger charge is -2.12. The van der Waals surface area contributed by atoms with Crippen molar-refractivity contribution in [3.05, 3.63) is 77.7 Å². The van der Waals surface area contributed by atoms with Crippen molar-refractivity contribution in [2.45, 2.75) is 26.4 Å². The third kappa shape index (κ3) is 4.62. The fraction of sp³-hybridized carbons (Fsp3) is 0.238. The van der Waals surface area contributed by atoms with E-state index in [1.54, 1.807) is 10.9 Å². The molecule has 3 rings (SSSR count). The molecule has 0 spiro atoms. The molecule has 0 fully saturated rings. The van der Waals surface area contributed by atoms with Gasteiger partial charge in [-0.2, -0.15) is 5.10 Å². The first-order valence-electron chi connectivity index (χ1n) is 9.03. The molecule has 0 aliphatic rings. The highest BCUT2D eigenvalue weighted by Crippen LogP contribution is 2.22. The van der Waals surface area contributed by atoms with Gasteiger partial charge in [0.2, 0.25) is 0 Å². The number of benzene rings is 1. The van der Waals surface area contributed by atoms with E-state index in [1.165, 1.54) is 6.20 Å². The molecule has 0 atom stereocenters. The smallest absolute Gasteiger partial charge is 0.325 e. The Labute approximate surface area is 163 Å². The van der Waals surface area contributed by atoms with Crippen molar-refractivity contribution >= 4 is 11.9 Å². The van der Waals surface area contributed by atoms with Crippen LogP contribution in [0, 0.1) is 0 Å². The summed E-state index contributed by atoms with van der Waals surface area (Å²) in [4.78, 5) is 28.8. The summed E-state index contributed by atoms with van der Waals surface area (Å²) in [5.41, 5.74) is 2.03. The molecule has 1 aromatic carbocycles. The summed E-state index contributed by atoms with van der Waals surface area (Å²) in [5, 5.41) is 6.92. The van der Waals surface area contributed by atoms with Crippen LogP contribution < -0.4 is 5.32 Å². The summed E-state index contributed by atoms with van der Waals surface area (Å²) in [7, 11) is 0. The van der Waals surface area contributed by atoms with E-state index in [-0.39, 0.29) is 25.0 Å². The Morgan fingerprint density at radius 2 is 1.86 bits per heavy atom. The molecule has 0 bridgehead atoms. The number of esters is 1. The third-order valence-corrected chi connectivity index (χ3v) is 4.10. The van der Waals surface area contributed by atoms with Gasteiger partial charge in [-0.3, -0.25) is 9.59 Å². The highest BCUT2D eigenvalue weighted by Gasteiger charge is 2.21. The van der Waals surface area contributed by atoms with Crippen LogP contribution in [0.1, 0.15) is 41.4 Å². The number of rotatable bonds is 7. The van der Waals surface area contributed by atoms with Gasteiger partial charge in [-0.1, -0.05) is 50.2 Å². The lowest BCUT2D eigenvalue weighted by Crippen LogP contribution is -2.31. The average Bonchev–Trinajstić information content (AvgIpc) is 3.17. The molecule has 0 saturated carbocycles. The number of ether oxygens (including phenoxy) is 1. The normalized spacial score (nSPS) is 10.7. The second-order valence-corrected chi connectivity index (χ2v) is 6.53. The topological polar surface area (TPSA) is 86.1 Å². The number of carbonyl (C=O) groups excluding carboxylic acids is 2. The number of carbonyl (C=O) groups is 2. The van der Waals surface area contributed by atoms with Gasteiger partial charge in [-0.25, -0.2) is 9.67 Å². The van der Waals surface area contributed by atoms with E-state index in [0.717, 1.165) is 11.3 Å². The van der Waals surface area contributed by atoms with Crippen molar-refractivity contribution in [2.75, 3.05) is 6.54 Å². The van der Waals surface area contributed by atoms with E-state index < -0.39 is 5.97 Å². The lowest BCUT2D eigenvalue weighted by molar-refractivity contribution is -0.143. The molecule has 1 amide bonds. The summed E-state index contributed by atoms with van der Waals surface area (Å²) < 4.78 is 6.83. The van der Waals surface area contributed by atoms with E-state index in [2.05, 4.69) is 15.4 Å². The summed E-state index contributed by atoms with van der Waals surface area (Å²) in [6.45, 7) is 3.91. The van der Waals surface area contributed by atoms with Gasteiger partial charge in [0.25, 0.3) is 5.91 Å². The zero-order valence-corrected chi connectivity index (χ0v) is 15.8. The van der Waals surface area contributed by atoms with Gasteiger partial charge in [-0.05, 0) is 23.6 Å². The number of nitrogens with one attached hydrogen (secondary N) is 1. The molecule has 0 aliphatic heterocycles. The van der Waals surface area contributed by atoms with Gasteiger partial charge in [0.15, 0.2) is 5.82 Å². The first kappa shape index (κ1) is 19.3. The van der Waals surface area contributed by atoms with Gasteiger partial charge in [0.05, 0.1) is 17.5 Å². The minimum absolute atomic E-state index is 0.0373. The number of pyridine rings is 1. The Balaban J connectivity index is 1.64. The van der Waals surface area contributed by atoms with Crippen LogP contribution >= 0.6 is 0 Å². The van der Waals surface area contributed by atoms with Crippen molar-refractivity contribution in [3.63, 3.8) is 0 Å². The quantitative estimate of drug-likeness (QED) is 0.639. The number of amides is 1. The molecule has 0 radical (unpaired) electrons. The monoisotopic (exact) mass is 378 g/mol. The minimum atomic E-state index is -0.500. The first-order valence-corrected chi connectivity index (χ1v) is 9.03. The zero-order chi connectivity index (χ0) is 19.9.